The lowest BCUT2D eigenvalue weighted by Gasteiger charge is -2.22. The van der Waals surface area contributed by atoms with Crippen LogP contribution in [0.5, 0.6) is 5.75 Å². The standard InChI is InChI=1S/C21H20N2O5/c1-3-13-15-6-12(25)4-5-17(15)22-19-16(13)8-23(10-24)18(19)7-14-11(2)9-28-21(27)20(14)26/h4-7,10,20,25-26H,3,8-9H2,1-2H3/b18-7-. The van der Waals surface area contributed by atoms with Gasteiger partial charge in [-0.05, 0) is 54.3 Å². The van der Waals surface area contributed by atoms with E-state index < -0.39 is 12.1 Å². The number of hydrogen-bond donors (Lipinski definition) is 2. The molecular weight excluding hydrogens is 360 g/mol. The maximum Gasteiger partial charge on any atom is 0.339 e. The zero-order chi connectivity index (χ0) is 20.0. The van der Waals surface area contributed by atoms with Crippen LogP contribution in [-0.4, -0.2) is 45.2 Å². The number of carbonyl (C=O) groups is 2. The molecule has 7 heteroatoms. The van der Waals surface area contributed by atoms with Crippen LogP contribution in [0.25, 0.3) is 16.6 Å². The minimum absolute atomic E-state index is 0.105. The first-order chi connectivity index (χ1) is 13.4. The maximum absolute atomic E-state index is 11.8. The molecule has 0 saturated heterocycles. The van der Waals surface area contributed by atoms with E-state index in [0.717, 1.165) is 28.5 Å². The molecule has 28 heavy (non-hydrogen) atoms. The zero-order valence-electron chi connectivity index (χ0n) is 15.6. The summed E-state index contributed by atoms with van der Waals surface area (Å²) in [7, 11) is 0. The molecule has 1 aromatic carbocycles. The Kier molecular flexibility index (Phi) is 4.39. The summed E-state index contributed by atoms with van der Waals surface area (Å²) in [5, 5.41) is 21.0. The predicted octanol–water partition coefficient (Wildman–Crippen LogP) is 2.05. The highest BCUT2D eigenvalue weighted by atomic mass is 16.5. The van der Waals surface area contributed by atoms with Crippen molar-refractivity contribution in [2.75, 3.05) is 6.61 Å². The number of cyclic esters (lactones) is 1. The predicted molar refractivity (Wildman–Crippen MR) is 102 cm³/mol. The van der Waals surface area contributed by atoms with Crippen molar-refractivity contribution in [1.29, 1.82) is 0 Å². The summed E-state index contributed by atoms with van der Waals surface area (Å²) in [6.45, 7) is 4.24. The number of nitrogens with zero attached hydrogens (tertiary/aromatic N) is 2. The number of ether oxygens (including phenoxy) is 1. The van der Waals surface area contributed by atoms with Crippen LogP contribution in [0.2, 0.25) is 0 Å². The molecule has 4 rings (SSSR count). The number of amides is 1. The highest BCUT2D eigenvalue weighted by Crippen LogP contribution is 2.38. The quantitative estimate of drug-likeness (QED) is 0.624. The van der Waals surface area contributed by atoms with Gasteiger partial charge in [0.15, 0.2) is 6.10 Å². The fourth-order valence-electron chi connectivity index (χ4n) is 3.83. The summed E-state index contributed by atoms with van der Waals surface area (Å²) in [5.41, 5.74) is 4.97. The highest BCUT2D eigenvalue weighted by molar-refractivity contribution is 5.91. The number of hydrogen-bond acceptors (Lipinski definition) is 6. The second kappa shape index (κ2) is 6.76. The number of fused-ring (bicyclic) bond motifs is 2. The minimum atomic E-state index is -1.39. The Labute approximate surface area is 161 Å². The zero-order valence-corrected chi connectivity index (χ0v) is 15.6. The molecule has 144 valence electrons. The number of aromatic hydroxyl groups is 1. The second-order valence-corrected chi connectivity index (χ2v) is 6.98. The normalized spacial score (nSPS) is 20.7. The van der Waals surface area contributed by atoms with Gasteiger partial charge in [-0.25, -0.2) is 9.78 Å². The van der Waals surface area contributed by atoms with Crippen molar-refractivity contribution in [2.24, 2.45) is 0 Å². The van der Waals surface area contributed by atoms with E-state index >= 15 is 0 Å². The van der Waals surface area contributed by atoms with Crippen molar-refractivity contribution in [3.63, 3.8) is 0 Å². The number of rotatable bonds is 3. The summed E-state index contributed by atoms with van der Waals surface area (Å²) >= 11 is 0. The number of aromatic nitrogens is 1. The van der Waals surface area contributed by atoms with Crippen LogP contribution in [0.15, 0.2) is 35.4 Å². The van der Waals surface area contributed by atoms with E-state index in [1.165, 1.54) is 4.90 Å². The molecule has 1 amide bonds. The monoisotopic (exact) mass is 380 g/mol. The highest BCUT2D eigenvalue weighted by Gasteiger charge is 2.32. The van der Waals surface area contributed by atoms with Gasteiger partial charge in [-0.15, -0.1) is 0 Å². The molecule has 2 aliphatic heterocycles. The number of esters is 1. The van der Waals surface area contributed by atoms with Crippen molar-refractivity contribution in [1.82, 2.24) is 9.88 Å². The molecular formula is C21H20N2O5. The molecule has 0 bridgehead atoms. The Balaban J connectivity index is 1.95. The first-order valence-electron chi connectivity index (χ1n) is 9.07. The molecule has 0 fully saturated rings. The number of phenolic OH excluding ortho intramolecular Hbond substituents is 1. The average Bonchev–Trinajstić information content (AvgIpc) is 3.03. The fourth-order valence-corrected chi connectivity index (χ4v) is 3.83. The Hall–Kier alpha value is -3.19. The summed E-state index contributed by atoms with van der Waals surface area (Å²) in [6, 6.07) is 5.00. The minimum Gasteiger partial charge on any atom is -0.508 e. The van der Waals surface area contributed by atoms with Gasteiger partial charge in [0, 0.05) is 10.9 Å². The summed E-state index contributed by atoms with van der Waals surface area (Å²) in [5.74, 6) is -0.543. The van der Waals surface area contributed by atoms with Crippen molar-refractivity contribution in [3.05, 3.63) is 52.2 Å². The molecule has 2 aromatic rings. The lowest BCUT2D eigenvalue weighted by Crippen LogP contribution is -2.31. The Morgan fingerprint density at radius 1 is 1.39 bits per heavy atom. The number of aliphatic hydroxyl groups excluding tert-OH is 1. The van der Waals surface area contributed by atoms with Gasteiger partial charge in [-0.2, -0.15) is 0 Å². The smallest absolute Gasteiger partial charge is 0.339 e. The van der Waals surface area contributed by atoms with Crippen LogP contribution >= 0.6 is 0 Å². The van der Waals surface area contributed by atoms with Crippen molar-refractivity contribution >= 4 is 29.0 Å². The summed E-state index contributed by atoms with van der Waals surface area (Å²) < 4.78 is 4.93. The molecule has 7 nitrogen and oxygen atoms in total. The van der Waals surface area contributed by atoms with E-state index in [9.17, 15) is 19.8 Å². The molecule has 0 aliphatic carbocycles. The van der Waals surface area contributed by atoms with Gasteiger partial charge in [0.05, 0.1) is 23.5 Å². The molecule has 1 atom stereocenters. The number of benzene rings is 1. The Morgan fingerprint density at radius 3 is 2.89 bits per heavy atom. The van der Waals surface area contributed by atoms with Crippen LogP contribution in [0.3, 0.4) is 0 Å². The van der Waals surface area contributed by atoms with Crippen LogP contribution in [0.4, 0.5) is 0 Å². The average molecular weight is 380 g/mol. The Bertz CT molecular complexity index is 1070. The van der Waals surface area contributed by atoms with Gasteiger partial charge in [0.2, 0.25) is 6.41 Å². The third-order valence-corrected chi connectivity index (χ3v) is 5.28. The van der Waals surface area contributed by atoms with Gasteiger partial charge < -0.3 is 19.8 Å². The third kappa shape index (κ3) is 2.75. The second-order valence-electron chi connectivity index (χ2n) is 6.98. The number of pyridine rings is 1. The molecule has 3 heterocycles. The molecule has 1 unspecified atom stereocenters. The first-order valence-corrected chi connectivity index (χ1v) is 9.07. The lowest BCUT2D eigenvalue weighted by molar-refractivity contribution is -0.151. The van der Waals surface area contributed by atoms with Crippen LogP contribution in [0, 0.1) is 0 Å². The summed E-state index contributed by atoms with van der Waals surface area (Å²) in [4.78, 5) is 29.8. The SMILES string of the molecule is CCc1c2c(nc3ccc(O)cc13)/C(=C/C1=C(C)COC(=O)C1O)N(C=O)C2. The van der Waals surface area contributed by atoms with E-state index in [2.05, 4.69) is 0 Å². The fraction of sp³-hybridized carbons (Fsp3) is 0.286. The molecule has 0 radical (unpaired) electrons. The topological polar surface area (TPSA) is 100.0 Å². The molecule has 0 saturated carbocycles. The first kappa shape index (κ1) is 18.2. The lowest BCUT2D eigenvalue weighted by atomic mass is 9.97. The number of carbonyl (C=O) groups excluding carboxylic acids is 2. The Morgan fingerprint density at radius 2 is 2.18 bits per heavy atom. The van der Waals surface area contributed by atoms with E-state index in [-0.39, 0.29) is 12.4 Å². The maximum atomic E-state index is 11.8. The van der Waals surface area contributed by atoms with E-state index in [1.54, 1.807) is 31.2 Å². The van der Waals surface area contributed by atoms with E-state index in [1.807, 2.05) is 6.92 Å². The van der Waals surface area contributed by atoms with Gasteiger partial charge in [-0.3, -0.25) is 4.79 Å². The van der Waals surface area contributed by atoms with Gasteiger partial charge >= 0.3 is 5.97 Å². The van der Waals surface area contributed by atoms with Gasteiger partial charge in [-0.1, -0.05) is 6.92 Å². The molecule has 0 spiro atoms. The van der Waals surface area contributed by atoms with Crippen molar-refractivity contribution in [3.8, 4) is 5.75 Å². The molecule has 2 aliphatic rings. The number of aryl methyl sites for hydroxylation is 1. The van der Waals surface area contributed by atoms with E-state index in [4.69, 9.17) is 9.72 Å². The third-order valence-electron chi connectivity index (χ3n) is 5.28. The molecule has 2 N–H and O–H groups in total. The van der Waals surface area contributed by atoms with E-state index in [0.29, 0.717) is 35.4 Å². The molecule has 1 aromatic heterocycles. The van der Waals surface area contributed by atoms with Crippen LogP contribution in [-0.2, 0) is 27.3 Å². The number of aliphatic hydroxyl groups is 1. The summed E-state index contributed by atoms with van der Waals surface area (Å²) in [6.07, 6.45) is 1.70. The van der Waals surface area contributed by atoms with Gasteiger partial charge in [0.25, 0.3) is 0 Å². The number of phenols is 1. The van der Waals surface area contributed by atoms with Crippen molar-refractivity contribution in [2.45, 2.75) is 32.9 Å². The van der Waals surface area contributed by atoms with Crippen LogP contribution in [0.1, 0.15) is 30.7 Å². The van der Waals surface area contributed by atoms with Gasteiger partial charge in [0.1, 0.15) is 12.4 Å². The van der Waals surface area contributed by atoms with Crippen LogP contribution < -0.4 is 0 Å². The largest absolute Gasteiger partial charge is 0.508 e. The van der Waals surface area contributed by atoms with Crippen molar-refractivity contribution < 1.29 is 24.5 Å².